The van der Waals surface area contributed by atoms with Crippen molar-refractivity contribution >= 4 is 22.8 Å². The van der Waals surface area contributed by atoms with Gasteiger partial charge >= 0.3 is 16.4 Å². The Kier molecular flexibility index (Phi) is 1.90. The Morgan fingerprint density at radius 2 is 2.40 bits per heavy atom. The van der Waals surface area contributed by atoms with E-state index in [1.807, 2.05) is 0 Å². The van der Waals surface area contributed by atoms with Gasteiger partial charge in [0.15, 0.2) is 6.26 Å². The van der Waals surface area contributed by atoms with Crippen LogP contribution in [0.15, 0.2) is 12.2 Å². The average Bonchev–Trinajstić information content (AvgIpc) is 2.12. The first kappa shape index (κ1) is 7.48. The molecule has 1 rings (SSSR count). The summed E-state index contributed by atoms with van der Waals surface area (Å²) in [5.74, 6) is -0.535. The van der Waals surface area contributed by atoms with Crippen molar-refractivity contribution in [2.75, 3.05) is 0 Å². The second-order valence-corrected chi connectivity index (χ2v) is 2.61. The molecule has 58 valence electrons. The van der Waals surface area contributed by atoms with Gasteiger partial charge in [-0.3, -0.25) is 0 Å². The van der Waals surface area contributed by atoms with Gasteiger partial charge in [0.2, 0.25) is 0 Å². The lowest BCUT2D eigenvalue weighted by molar-refractivity contribution is 0.249. The molecule has 0 unspecified atom stereocenters. The van der Waals surface area contributed by atoms with Crippen LogP contribution in [0.25, 0.3) is 0 Å². The van der Waals surface area contributed by atoms with Crippen LogP contribution >= 0.6 is 12.3 Å². The highest BCUT2D eigenvalue weighted by atomic mass is 32.3. The zero-order valence-corrected chi connectivity index (χ0v) is 5.95. The molecule has 0 amide bonds. The predicted octanol–water partition coefficient (Wildman–Crippen LogP) is 0.626. The second kappa shape index (κ2) is 2.54. The van der Waals surface area contributed by atoms with Crippen molar-refractivity contribution in [1.82, 2.24) is 0 Å². The van der Waals surface area contributed by atoms with Crippen LogP contribution in [-0.4, -0.2) is 8.42 Å². The molecular formula is C2HFO5S2. The molecule has 0 spiro atoms. The van der Waals surface area contributed by atoms with Crippen LogP contribution in [-0.2, 0) is 23.1 Å². The number of halogens is 1. The van der Waals surface area contributed by atoms with Crippen LogP contribution in [0.3, 0.4) is 0 Å². The first-order valence-corrected chi connectivity index (χ1v) is 3.90. The summed E-state index contributed by atoms with van der Waals surface area (Å²) in [6.45, 7) is 0. The van der Waals surface area contributed by atoms with Crippen molar-refractivity contribution < 1.29 is 24.9 Å². The summed E-state index contributed by atoms with van der Waals surface area (Å²) >= 11 is 0.474. The average molecular weight is 188 g/mol. The van der Waals surface area contributed by atoms with Gasteiger partial charge in [0.05, 0.1) is 0 Å². The minimum atomic E-state index is -4.99. The third-order valence-electron chi connectivity index (χ3n) is 0.481. The fraction of sp³-hybridized carbons (Fsp3) is 0. The van der Waals surface area contributed by atoms with Gasteiger partial charge in [0, 0.05) is 0 Å². The van der Waals surface area contributed by atoms with E-state index in [2.05, 4.69) is 12.5 Å². The molecule has 1 heterocycles. The van der Waals surface area contributed by atoms with Gasteiger partial charge in [-0.1, -0.05) is 3.89 Å². The Morgan fingerprint density at radius 3 is 2.80 bits per heavy atom. The Morgan fingerprint density at radius 1 is 1.70 bits per heavy atom. The molecule has 0 aromatic heterocycles. The second-order valence-electron chi connectivity index (χ2n) is 1.16. The van der Waals surface area contributed by atoms with Gasteiger partial charge in [0.25, 0.3) is 12.3 Å². The first-order chi connectivity index (χ1) is 4.58. The normalized spacial score (nSPS) is 17.1. The van der Waals surface area contributed by atoms with Gasteiger partial charge in [0.1, 0.15) is 0 Å². The van der Waals surface area contributed by atoms with Crippen LogP contribution in [0.1, 0.15) is 0 Å². The Balaban J connectivity index is 2.54. The molecule has 0 saturated heterocycles. The fourth-order valence-electron chi connectivity index (χ4n) is 0.263. The Bertz CT molecular complexity index is 242. The van der Waals surface area contributed by atoms with Crippen LogP contribution < -0.4 is 0 Å². The zero-order chi connectivity index (χ0) is 7.61. The van der Waals surface area contributed by atoms with Crippen molar-refractivity contribution in [3.63, 3.8) is 0 Å². The van der Waals surface area contributed by atoms with E-state index in [0.29, 0.717) is 12.3 Å². The van der Waals surface area contributed by atoms with Gasteiger partial charge in [-0.15, -0.1) is 0 Å². The predicted molar refractivity (Wildman–Crippen MR) is 29.0 cm³/mol. The topological polar surface area (TPSA) is 61.8 Å². The summed E-state index contributed by atoms with van der Waals surface area (Å²) in [7, 11) is -4.99. The molecule has 1 aliphatic heterocycles. The van der Waals surface area contributed by atoms with Crippen LogP contribution in [0.5, 0.6) is 0 Å². The summed E-state index contributed by atoms with van der Waals surface area (Å²) < 4.78 is 43.2. The molecular weight excluding hydrogens is 187 g/mol. The molecule has 0 atom stereocenters. The Hall–Kier alpha value is -0.630. The van der Waals surface area contributed by atoms with E-state index in [4.69, 9.17) is 0 Å². The molecule has 0 aliphatic carbocycles. The van der Waals surface area contributed by atoms with Crippen LogP contribution in [0.2, 0.25) is 0 Å². The highest BCUT2D eigenvalue weighted by Crippen LogP contribution is 2.23. The lowest BCUT2D eigenvalue weighted by atomic mass is 11.0. The quantitative estimate of drug-likeness (QED) is 0.467. The molecule has 0 fully saturated rings. The van der Waals surface area contributed by atoms with E-state index < -0.39 is 16.4 Å². The van der Waals surface area contributed by atoms with Crippen molar-refractivity contribution in [2.24, 2.45) is 0 Å². The molecule has 0 N–H and O–H groups in total. The molecule has 0 radical (unpaired) electrons. The molecule has 0 bridgehead atoms. The molecule has 0 aromatic rings. The molecule has 8 heteroatoms. The van der Waals surface area contributed by atoms with Crippen LogP contribution in [0.4, 0.5) is 3.89 Å². The van der Waals surface area contributed by atoms with Gasteiger partial charge in [-0.2, -0.15) is 8.42 Å². The third kappa shape index (κ3) is 2.31. The van der Waals surface area contributed by atoms with Crippen molar-refractivity contribution in [3.8, 4) is 0 Å². The lowest BCUT2D eigenvalue weighted by Gasteiger charge is -1.93. The van der Waals surface area contributed by atoms with E-state index in [9.17, 15) is 12.3 Å². The van der Waals surface area contributed by atoms with E-state index in [-0.39, 0.29) is 0 Å². The van der Waals surface area contributed by atoms with Crippen molar-refractivity contribution in [1.29, 1.82) is 0 Å². The molecule has 0 saturated carbocycles. The summed E-state index contributed by atoms with van der Waals surface area (Å²) in [6, 6.07) is 0. The summed E-state index contributed by atoms with van der Waals surface area (Å²) in [4.78, 5) is 0. The minimum absolute atomic E-state index is 0.474. The maximum Gasteiger partial charge on any atom is 0.491 e. The number of hydrogen-bond acceptors (Lipinski definition) is 6. The maximum atomic E-state index is 11.6. The lowest BCUT2D eigenvalue weighted by Crippen LogP contribution is -1.96. The monoisotopic (exact) mass is 188 g/mol. The van der Waals surface area contributed by atoms with Gasteiger partial charge < -0.3 is 12.5 Å². The van der Waals surface area contributed by atoms with E-state index in [1.54, 1.807) is 0 Å². The minimum Gasteiger partial charge on any atom is -0.392 e. The zero-order valence-electron chi connectivity index (χ0n) is 4.31. The standard InChI is InChI=1S/C2HFO5S2/c3-10(4,5)8-2-1-6-9-7-2/h1H. The molecule has 0 aromatic carbocycles. The smallest absolute Gasteiger partial charge is 0.392 e. The van der Waals surface area contributed by atoms with E-state index in [1.165, 1.54) is 0 Å². The fourth-order valence-corrected chi connectivity index (χ4v) is 0.873. The van der Waals surface area contributed by atoms with E-state index in [0.717, 1.165) is 6.26 Å². The highest BCUT2D eigenvalue weighted by Gasteiger charge is 2.18. The summed E-state index contributed by atoms with van der Waals surface area (Å²) in [5.41, 5.74) is 0. The van der Waals surface area contributed by atoms with Gasteiger partial charge in [-0.05, 0) is 0 Å². The highest BCUT2D eigenvalue weighted by molar-refractivity contribution is 7.90. The number of hydrogen-bond donors (Lipinski definition) is 0. The molecule has 1 aliphatic rings. The van der Waals surface area contributed by atoms with Crippen molar-refractivity contribution in [2.45, 2.75) is 0 Å². The SMILES string of the molecule is O=S(=O)(F)OC1=COSO1. The third-order valence-corrected chi connectivity index (χ3v) is 1.25. The number of rotatable bonds is 2. The Labute approximate surface area is 60.6 Å². The first-order valence-electron chi connectivity index (χ1n) is 1.92. The van der Waals surface area contributed by atoms with Gasteiger partial charge in [-0.25, -0.2) is 0 Å². The molecule has 5 nitrogen and oxygen atoms in total. The molecule has 10 heavy (non-hydrogen) atoms. The van der Waals surface area contributed by atoms with E-state index >= 15 is 0 Å². The largest absolute Gasteiger partial charge is 0.491 e. The maximum absolute atomic E-state index is 11.6. The van der Waals surface area contributed by atoms with Crippen molar-refractivity contribution in [3.05, 3.63) is 12.2 Å². The van der Waals surface area contributed by atoms with Crippen LogP contribution in [0, 0.1) is 0 Å². The summed E-state index contributed by atoms with van der Waals surface area (Å²) in [6.07, 6.45) is 0.821. The summed E-state index contributed by atoms with van der Waals surface area (Å²) in [5, 5.41) is 0.